The van der Waals surface area contributed by atoms with Crippen LogP contribution in [0, 0.1) is 0 Å². The Morgan fingerprint density at radius 3 is 2.34 bits per heavy atom. The van der Waals surface area contributed by atoms with Crippen LogP contribution in [0.15, 0.2) is 42.6 Å². The van der Waals surface area contributed by atoms with Gasteiger partial charge in [0, 0.05) is 56.2 Å². The SMILES string of the molecule is CCN(CC)c1nc(Nc2cccc(Cl)c2)nc(N2CCN(c3ncccc3C(F)(F)F)CC2)n1. The van der Waals surface area contributed by atoms with Gasteiger partial charge in [0.25, 0.3) is 0 Å². The first kappa shape index (κ1) is 24.8. The van der Waals surface area contributed by atoms with E-state index in [1.807, 2.05) is 35.8 Å². The van der Waals surface area contributed by atoms with Crippen LogP contribution in [0.3, 0.4) is 0 Å². The third kappa shape index (κ3) is 5.84. The van der Waals surface area contributed by atoms with Crippen molar-refractivity contribution >= 4 is 41.0 Å². The van der Waals surface area contributed by atoms with Gasteiger partial charge in [-0.3, -0.25) is 0 Å². The zero-order chi connectivity index (χ0) is 25.0. The third-order valence-electron chi connectivity index (χ3n) is 5.69. The molecular weight excluding hydrogens is 481 g/mol. The van der Waals surface area contributed by atoms with Crippen molar-refractivity contribution < 1.29 is 13.2 Å². The van der Waals surface area contributed by atoms with E-state index in [0.717, 1.165) is 11.8 Å². The van der Waals surface area contributed by atoms with Crippen molar-refractivity contribution in [3.63, 3.8) is 0 Å². The van der Waals surface area contributed by atoms with E-state index < -0.39 is 11.7 Å². The molecule has 0 bridgehead atoms. The smallest absolute Gasteiger partial charge is 0.353 e. The van der Waals surface area contributed by atoms with E-state index in [1.54, 1.807) is 17.0 Å². The van der Waals surface area contributed by atoms with Crippen molar-refractivity contribution in [3.8, 4) is 0 Å². The van der Waals surface area contributed by atoms with E-state index in [2.05, 4.69) is 25.3 Å². The van der Waals surface area contributed by atoms with Gasteiger partial charge in [-0.05, 0) is 44.2 Å². The fraction of sp³-hybridized carbons (Fsp3) is 0.391. The number of piperazine rings is 1. The normalized spacial score (nSPS) is 14.2. The second-order valence-corrected chi connectivity index (χ2v) is 8.35. The highest BCUT2D eigenvalue weighted by Crippen LogP contribution is 2.35. The Labute approximate surface area is 206 Å². The molecule has 4 rings (SSSR count). The Kier molecular flexibility index (Phi) is 7.44. The van der Waals surface area contributed by atoms with Crippen LogP contribution >= 0.6 is 11.6 Å². The lowest BCUT2D eigenvalue weighted by atomic mass is 10.2. The summed E-state index contributed by atoms with van der Waals surface area (Å²) in [4.78, 5) is 23.5. The molecule has 35 heavy (non-hydrogen) atoms. The summed E-state index contributed by atoms with van der Waals surface area (Å²) in [5.41, 5.74) is 0.00485. The molecule has 186 valence electrons. The molecule has 0 saturated carbocycles. The molecule has 1 N–H and O–H groups in total. The summed E-state index contributed by atoms with van der Waals surface area (Å²) >= 11 is 6.10. The molecule has 1 aliphatic heterocycles. The highest BCUT2D eigenvalue weighted by molar-refractivity contribution is 6.30. The van der Waals surface area contributed by atoms with Gasteiger partial charge in [-0.1, -0.05) is 17.7 Å². The first-order valence-corrected chi connectivity index (χ1v) is 11.7. The molecule has 0 aliphatic carbocycles. The molecular formula is C23H26ClF3N8. The van der Waals surface area contributed by atoms with E-state index in [4.69, 9.17) is 11.6 Å². The molecule has 12 heteroatoms. The zero-order valence-electron chi connectivity index (χ0n) is 19.4. The standard InChI is InChI=1S/C23H26ClF3N8/c1-3-33(4-2)21-30-20(29-17-8-5-7-16(24)15-17)31-22(32-21)35-13-11-34(12-14-35)19-18(23(25,26)27)9-6-10-28-19/h5-10,15H,3-4,11-14H2,1-2H3,(H,29,30,31,32). The highest BCUT2D eigenvalue weighted by atomic mass is 35.5. The molecule has 3 heterocycles. The molecule has 1 aliphatic rings. The van der Waals surface area contributed by atoms with Crippen LogP contribution in [-0.4, -0.2) is 59.2 Å². The number of pyridine rings is 1. The van der Waals surface area contributed by atoms with Crippen molar-refractivity contribution in [1.29, 1.82) is 0 Å². The summed E-state index contributed by atoms with van der Waals surface area (Å²) in [6.07, 6.45) is -3.08. The Morgan fingerprint density at radius 2 is 1.69 bits per heavy atom. The van der Waals surface area contributed by atoms with Crippen LogP contribution in [0.5, 0.6) is 0 Å². The van der Waals surface area contributed by atoms with Crippen LogP contribution in [0.2, 0.25) is 5.02 Å². The van der Waals surface area contributed by atoms with Crippen LogP contribution in [0.1, 0.15) is 19.4 Å². The first-order valence-electron chi connectivity index (χ1n) is 11.3. The number of benzene rings is 1. The lowest BCUT2D eigenvalue weighted by Crippen LogP contribution is -2.48. The molecule has 0 amide bonds. The summed E-state index contributed by atoms with van der Waals surface area (Å²) in [6, 6.07) is 9.59. The quantitative estimate of drug-likeness (QED) is 0.487. The van der Waals surface area contributed by atoms with Gasteiger partial charge in [0.05, 0.1) is 5.56 Å². The number of halogens is 4. The molecule has 1 fully saturated rings. The van der Waals surface area contributed by atoms with Gasteiger partial charge in [0.2, 0.25) is 17.8 Å². The predicted octanol–water partition coefficient (Wildman–Crippen LogP) is 4.86. The van der Waals surface area contributed by atoms with Crippen molar-refractivity contribution in [2.75, 3.05) is 59.3 Å². The van der Waals surface area contributed by atoms with E-state index in [0.29, 0.717) is 62.1 Å². The number of anilines is 5. The first-order chi connectivity index (χ1) is 16.8. The van der Waals surface area contributed by atoms with Crippen LogP contribution in [-0.2, 0) is 6.18 Å². The third-order valence-corrected chi connectivity index (χ3v) is 5.93. The monoisotopic (exact) mass is 506 g/mol. The number of aromatic nitrogens is 4. The average Bonchev–Trinajstić information content (AvgIpc) is 2.84. The van der Waals surface area contributed by atoms with Gasteiger partial charge in [0.1, 0.15) is 5.82 Å². The molecule has 0 unspecified atom stereocenters. The molecule has 0 spiro atoms. The highest BCUT2D eigenvalue weighted by Gasteiger charge is 2.36. The minimum Gasteiger partial charge on any atom is -0.353 e. The van der Waals surface area contributed by atoms with Crippen molar-refractivity contribution in [1.82, 2.24) is 19.9 Å². The Balaban J connectivity index is 1.57. The van der Waals surface area contributed by atoms with Crippen molar-refractivity contribution in [2.45, 2.75) is 20.0 Å². The van der Waals surface area contributed by atoms with Gasteiger partial charge in [-0.15, -0.1) is 0 Å². The van der Waals surface area contributed by atoms with E-state index in [-0.39, 0.29) is 5.82 Å². The minimum atomic E-state index is -4.46. The van der Waals surface area contributed by atoms with Gasteiger partial charge >= 0.3 is 6.18 Å². The van der Waals surface area contributed by atoms with Gasteiger partial charge in [-0.2, -0.15) is 28.1 Å². The number of hydrogen-bond acceptors (Lipinski definition) is 8. The van der Waals surface area contributed by atoms with Crippen LogP contribution in [0.25, 0.3) is 0 Å². The van der Waals surface area contributed by atoms with Gasteiger partial charge in [-0.25, -0.2) is 4.98 Å². The maximum absolute atomic E-state index is 13.5. The van der Waals surface area contributed by atoms with Crippen molar-refractivity contribution in [2.24, 2.45) is 0 Å². The molecule has 0 radical (unpaired) electrons. The van der Waals surface area contributed by atoms with Gasteiger partial charge < -0.3 is 20.0 Å². The summed E-state index contributed by atoms with van der Waals surface area (Å²) in [6.45, 7) is 7.03. The average molecular weight is 507 g/mol. The molecule has 0 atom stereocenters. The number of alkyl halides is 3. The molecule has 1 aromatic carbocycles. The molecule has 1 saturated heterocycles. The summed E-state index contributed by atoms with van der Waals surface area (Å²) < 4.78 is 40.4. The van der Waals surface area contributed by atoms with Crippen LogP contribution in [0.4, 0.5) is 42.5 Å². The van der Waals surface area contributed by atoms with E-state index >= 15 is 0 Å². The van der Waals surface area contributed by atoms with Crippen LogP contribution < -0.4 is 20.0 Å². The number of hydrogen-bond donors (Lipinski definition) is 1. The predicted molar refractivity (Wildman–Crippen MR) is 132 cm³/mol. The minimum absolute atomic E-state index is 0.0533. The van der Waals surface area contributed by atoms with E-state index in [9.17, 15) is 13.2 Å². The Bertz CT molecular complexity index is 1150. The molecule has 3 aromatic rings. The maximum Gasteiger partial charge on any atom is 0.419 e. The maximum atomic E-state index is 13.5. The lowest BCUT2D eigenvalue weighted by molar-refractivity contribution is -0.137. The number of nitrogens with zero attached hydrogens (tertiary/aromatic N) is 7. The fourth-order valence-electron chi connectivity index (χ4n) is 3.88. The number of rotatable bonds is 7. The zero-order valence-corrected chi connectivity index (χ0v) is 20.2. The molecule has 2 aromatic heterocycles. The summed E-state index contributed by atoms with van der Waals surface area (Å²) in [7, 11) is 0. The Morgan fingerprint density at radius 1 is 0.971 bits per heavy atom. The van der Waals surface area contributed by atoms with Crippen molar-refractivity contribution in [3.05, 3.63) is 53.2 Å². The fourth-order valence-corrected chi connectivity index (χ4v) is 4.07. The lowest BCUT2D eigenvalue weighted by Gasteiger charge is -2.36. The second kappa shape index (κ2) is 10.5. The van der Waals surface area contributed by atoms with E-state index in [1.165, 1.54) is 12.3 Å². The largest absolute Gasteiger partial charge is 0.419 e. The molecule has 8 nitrogen and oxygen atoms in total. The summed E-state index contributed by atoms with van der Waals surface area (Å²) in [5.74, 6) is 1.30. The summed E-state index contributed by atoms with van der Waals surface area (Å²) in [5, 5.41) is 3.76. The Hall–Kier alpha value is -3.34. The number of nitrogens with one attached hydrogen (secondary N) is 1. The second-order valence-electron chi connectivity index (χ2n) is 7.91. The van der Waals surface area contributed by atoms with Gasteiger partial charge in [0.15, 0.2) is 0 Å². The topological polar surface area (TPSA) is 73.3 Å².